The van der Waals surface area contributed by atoms with Gasteiger partial charge in [0.2, 0.25) is 6.79 Å². The van der Waals surface area contributed by atoms with Gasteiger partial charge in [0.25, 0.3) is 0 Å². The Bertz CT molecular complexity index is 709. The molecule has 0 bridgehead atoms. The highest BCUT2D eigenvalue weighted by Gasteiger charge is 2.32. The third kappa shape index (κ3) is 5.14. The van der Waals surface area contributed by atoms with Gasteiger partial charge in [-0.3, -0.25) is 9.89 Å². The summed E-state index contributed by atoms with van der Waals surface area (Å²) in [7, 11) is 4.36. The monoisotopic (exact) mass is 401 g/mol. The predicted octanol–water partition coefficient (Wildman–Crippen LogP) is 1.84. The second-order valence-electron chi connectivity index (χ2n) is 8.51. The molecule has 1 atom stereocenters. The van der Waals surface area contributed by atoms with Crippen LogP contribution in [-0.4, -0.2) is 86.9 Å². The Morgan fingerprint density at radius 3 is 2.62 bits per heavy atom. The molecular weight excluding hydrogens is 366 g/mol. The van der Waals surface area contributed by atoms with Crippen molar-refractivity contribution in [2.75, 3.05) is 60.2 Å². The van der Waals surface area contributed by atoms with Crippen molar-refractivity contribution in [3.8, 4) is 11.5 Å². The Morgan fingerprint density at radius 1 is 1.17 bits per heavy atom. The third-order valence-corrected chi connectivity index (χ3v) is 6.11. The number of hydrogen-bond acceptors (Lipinski definition) is 5. The Labute approximate surface area is 174 Å². The second-order valence-corrected chi connectivity index (χ2v) is 8.51. The van der Waals surface area contributed by atoms with E-state index in [9.17, 15) is 0 Å². The molecule has 29 heavy (non-hydrogen) atoms. The molecule has 1 aliphatic carbocycles. The van der Waals surface area contributed by atoms with E-state index in [-0.39, 0.29) is 0 Å². The summed E-state index contributed by atoms with van der Waals surface area (Å²) in [5.74, 6) is 3.62. The van der Waals surface area contributed by atoms with E-state index in [4.69, 9.17) is 14.5 Å². The number of hydrogen-bond donors (Lipinski definition) is 1. The molecule has 0 amide bonds. The second kappa shape index (κ2) is 9.22. The molecule has 1 unspecified atom stereocenters. The third-order valence-electron chi connectivity index (χ3n) is 6.11. The van der Waals surface area contributed by atoms with E-state index in [0.29, 0.717) is 12.8 Å². The van der Waals surface area contributed by atoms with Gasteiger partial charge in [-0.05, 0) is 57.5 Å². The number of nitrogens with zero attached hydrogens (tertiary/aromatic N) is 4. The fourth-order valence-corrected chi connectivity index (χ4v) is 4.24. The van der Waals surface area contributed by atoms with Crippen molar-refractivity contribution in [3.05, 3.63) is 23.8 Å². The van der Waals surface area contributed by atoms with Gasteiger partial charge in [0.15, 0.2) is 17.5 Å². The number of rotatable bonds is 7. The van der Waals surface area contributed by atoms with E-state index < -0.39 is 0 Å². The van der Waals surface area contributed by atoms with Crippen LogP contribution in [0.2, 0.25) is 0 Å². The first-order valence-electron chi connectivity index (χ1n) is 10.9. The van der Waals surface area contributed by atoms with E-state index >= 15 is 0 Å². The number of benzene rings is 1. The van der Waals surface area contributed by atoms with Gasteiger partial charge in [0.1, 0.15) is 0 Å². The molecule has 7 nitrogen and oxygen atoms in total. The van der Waals surface area contributed by atoms with Crippen molar-refractivity contribution in [1.82, 2.24) is 20.0 Å². The molecule has 160 valence electrons. The molecule has 0 aromatic heterocycles. The summed E-state index contributed by atoms with van der Waals surface area (Å²) >= 11 is 0. The predicted molar refractivity (Wildman–Crippen MR) is 116 cm³/mol. The van der Waals surface area contributed by atoms with Crippen molar-refractivity contribution in [1.29, 1.82) is 0 Å². The molecule has 2 fully saturated rings. The molecule has 0 radical (unpaired) electrons. The SMILES string of the molecule is CCNC(=NCC(C1CC1)N(C)C)N1CCN(Cc2ccc3c(c2)OCO3)CC1. The lowest BCUT2D eigenvalue weighted by Gasteiger charge is -2.37. The van der Waals surface area contributed by atoms with Crippen molar-refractivity contribution >= 4 is 5.96 Å². The van der Waals surface area contributed by atoms with Crippen LogP contribution in [0, 0.1) is 5.92 Å². The Morgan fingerprint density at radius 2 is 1.93 bits per heavy atom. The van der Waals surface area contributed by atoms with Gasteiger partial charge >= 0.3 is 0 Å². The topological polar surface area (TPSA) is 52.6 Å². The van der Waals surface area contributed by atoms with Gasteiger partial charge < -0.3 is 24.6 Å². The maximum Gasteiger partial charge on any atom is 0.231 e. The molecule has 2 aliphatic heterocycles. The lowest BCUT2D eigenvalue weighted by Crippen LogP contribution is -2.52. The van der Waals surface area contributed by atoms with Gasteiger partial charge in [-0.1, -0.05) is 6.07 Å². The minimum Gasteiger partial charge on any atom is -0.454 e. The lowest BCUT2D eigenvalue weighted by atomic mass is 10.1. The Hall–Kier alpha value is -1.99. The number of likely N-dealkylation sites (N-methyl/N-ethyl adjacent to an activating group) is 1. The number of ether oxygens (including phenoxy) is 2. The Kier molecular flexibility index (Phi) is 6.45. The highest BCUT2D eigenvalue weighted by atomic mass is 16.7. The van der Waals surface area contributed by atoms with Gasteiger partial charge in [-0.2, -0.15) is 0 Å². The molecule has 1 aromatic rings. The van der Waals surface area contributed by atoms with Gasteiger partial charge in [0, 0.05) is 45.3 Å². The maximum atomic E-state index is 5.51. The average Bonchev–Trinajstić information content (AvgIpc) is 3.44. The zero-order valence-electron chi connectivity index (χ0n) is 18.1. The van der Waals surface area contributed by atoms with Gasteiger partial charge in [0.05, 0.1) is 6.54 Å². The van der Waals surface area contributed by atoms with Crippen molar-refractivity contribution in [2.24, 2.45) is 10.9 Å². The van der Waals surface area contributed by atoms with Crippen LogP contribution in [0.5, 0.6) is 11.5 Å². The van der Waals surface area contributed by atoms with E-state index in [0.717, 1.165) is 69.2 Å². The Balaban J connectivity index is 1.31. The summed E-state index contributed by atoms with van der Waals surface area (Å²) in [6.45, 7) is 9.32. The van der Waals surface area contributed by atoms with E-state index in [1.807, 2.05) is 6.07 Å². The molecule has 1 N–H and O–H groups in total. The number of fused-ring (bicyclic) bond motifs is 1. The summed E-state index contributed by atoms with van der Waals surface area (Å²) in [5, 5.41) is 3.51. The van der Waals surface area contributed by atoms with Crippen LogP contribution in [0.3, 0.4) is 0 Å². The minimum absolute atomic E-state index is 0.333. The summed E-state index contributed by atoms with van der Waals surface area (Å²) in [6, 6.07) is 6.84. The lowest BCUT2D eigenvalue weighted by molar-refractivity contribution is 0.170. The highest BCUT2D eigenvalue weighted by molar-refractivity contribution is 5.80. The largest absolute Gasteiger partial charge is 0.454 e. The number of nitrogens with one attached hydrogen (secondary N) is 1. The van der Waals surface area contributed by atoms with Crippen molar-refractivity contribution in [2.45, 2.75) is 32.4 Å². The maximum absolute atomic E-state index is 5.51. The quantitative estimate of drug-likeness (QED) is 0.556. The smallest absolute Gasteiger partial charge is 0.231 e. The van der Waals surface area contributed by atoms with Crippen LogP contribution in [0.15, 0.2) is 23.2 Å². The van der Waals surface area contributed by atoms with Crippen LogP contribution < -0.4 is 14.8 Å². The van der Waals surface area contributed by atoms with E-state index in [1.165, 1.54) is 18.4 Å². The van der Waals surface area contributed by atoms with Crippen molar-refractivity contribution < 1.29 is 9.47 Å². The fourth-order valence-electron chi connectivity index (χ4n) is 4.24. The first-order chi connectivity index (χ1) is 14.1. The van der Waals surface area contributed by atoms with E-state index in [1.54, 1.807) is 0 Å². The molecule has 0 spiro atoms. The van der Waals surface area contributed by atoms with Crippen molar-refractivity contribution in [3.63, 3.8) is 0 Å². The molecular formula is C22H35N5O2. The average molecular weight is 402 g/mol. The van der Waals surface area contributed by atoms with Gasteiger partial charge in [-0.25, -0.2) is 0 Å². The molecule has 1 aromatic carbocycles. The number of piperazine rings is 1. The minimum atomic E-state index is 0.333. The number of guanidine groups is 1. The standard InChI is InChI=1S/C22H35N5O2/c1-4-23-22(24-14-19(25(2)3)18-6-7-18)27-11-9-26(10-12-27)15-17-5-8-20-21(13-17)29-16-28-20/h5,8,13,18-19H,4,6-7,9-12,14-16H2,1-3H3,(H,23,24). The molecule has 3 aliphatic rings. The van der Waals surface area contributed by atoms with Gasteiger partial charge in [-0.15, -0.1) is 0 Å². The molecule has 1 saturated heterocycles. The van der Waals surface area contributed by atoms with Crippen LogP contribution >= 0.6 is 0 Å². The summed E-state index contributed by atoms with van der Waals surface area (Å²) < 4.78 is 10.9. The van der Waals surface area contributed by atoms with Crippen LogP contribution in [0.25, 0.3) is 0 Å². The molecule has 2 heterocycles. The first-order valence-corrected chi connectivity index (χ1v) is 10.9. The fraction of sp³-hybridized carbons (Fsp3) is 0.682. The van der Waals surface area contributed by atoms with Crippen LogP contribution in [-0.2, 0) is 6.54 Å². The molecule has 4 rings (SSSR count). The normalized spacial score (nSPS) is 21.0. The molecule has 7 heteroatoms. The first kappa shape index (κ1) is 20.3. The summed E-state index contributed by atoms with van der Waals surface area (Å²) in [4.78, 5) is 12.3. The van der Waals surface area contributed by atoms with Crippen LogP contribution in [0.1, 0.15) is 25.3 Å². The summed E-state index contributed by atoms with van der Waals surface area (Å²) in [5.41, 5.74) is 1.28. The zero-order chi connectivity index (χ0) is 20.2. The number of aliphatic imine (C=N–C) groups is 1. The summed E-state index contributed by atoms with van der Waals surface area (Å²) in [6.07, 6.45) is 2.71. The zero-order valence-corrected chi connectivity index (χ0v) is 18.1. The molecule has 1 saturated carbocycles. The van der Waals surface area contributed by atoms with E-state index in [2.05, 4.69) is 53.2 Å². The van der Waals surface area contributed by atoms with Crippen LogP contribution in [0.4, 0.5) is 0 Å². The highest BCUT2D eigenvalue weighted by Crippen LogP contribution is 2.35.